The molecule has 55 heavy (non-hydrogen) atoms. The van der Waals surface area contributed by atoms with Gasteiger partial charge in [0.15, 0.2) is 34.9 Å². The molecular formula is C45H30F8O2. The van der Waals surface area contributed by atoms with Crippen LogP contribution in [0.15, 0.2) is 122 Å². The van der Waals surface area contributed by atoms with E-state index in [0.29, 0.717) is 34.7 Å². The molecule has 0 fully saturated rings. The summed E-state index contributed by atoms with van der Waals surface area (Å²) in [6.07, 6.45) is 6.65. The molecule has 0 aliphatic heterocycles. The Morgan fingerprint density at radius 2 is 0.891 bits per heavy atom. The summed E-state index contributed by atoms with van der Waals surface area (Å²) in [5, 5.41) is 0. The van der Waals surface area contributed by atoms with Crippen LogP contribution in [0.1, 0.15) is 18.1 Å². The summed E-state index contributed by atoms with van der Waals surface area (Å²) in [5.74, 6) is -19.5. The molecule has 0 bridgehead atoms. The smallest absolute Gasteiger partial charge is 0.205 e. The molecule has 0 spiro atoms. The van der Waals surface area contributed by atoms with Crippen molar-refractivity contribution in [1.82, 2.24) is 0 Å². The summed E-state index contributed by atoms with van der Waals surface area (Å²) in [4.78, 5) is 0. The van der Waals surface area contributed by atoms with Crippen LogP contribution in [0.3, 0.4) is 0 Å². The highest BCUT2D eigenvalue weighted by molar-refractivity contribution is 6.04. The molecule has 0 saturated heterocycles. The Labute approximate surface area is 311 Å². The highest BCUT2D eigenvalue weighted by Crippen LogP contribution is 2.56. The number of hydrogen-bond donors (Lipinski definition) is 0. The highest BCUT2D eigenvalue weighted by atomic mass is 19.2. The van der Waals surface area contributed by atoms with Crippen LogP contribution in [0, 0.1) is 53.5 Å². The third-order valence-electron chi connectivity index (χ3n) is 8.88. The van der Waals surface area contributed by atoms with Crippen molar-refractivity contribution in [2.75, 3.05) is 7.11 Å². The monoisotopic (exact) mass is 754 g/mol. The van der Waals surface area contributed by atoms with Gasteiger partial charge in [0.05, 0.1) is 18.2 Å². The van der Waals surface area contributed by atoms with Crippen LogP contribution in [-0.2, 0) is 0 Å². The minimum atomic E-state index is -2.37. The van der Waals surface area contributed by atoms with Crippen molar-refractivity contribution in [1.29, 1.82) is 0 Å². The molecule has 278 valence electrons. The Morgan fingerprint density at radius 3 is 1.31 bits per heavy atom. The molecule has 0 heterocycles. The lowest BCUT2D eigenvalue weighted by Gasteiger charge is -2.27. The van der Waals surface area contributed by atoms with E-state index in [1.807, 2.05) is 0 Å². The lowest BCUT2D eigenvalue weighted by Crippen LogP contribution is -2.10. The lowest BCUT2D eigenvalue weighted by molar-refractivity contribution is 0.366. The van der Waals surface area contributed by atoms with E-state index in [-0.39, 0.29) is 28.2 Å². The molecule has 0 aromatic heterocycles. The van der Waals surface area contributed by atoms with Gasteiger partial charge in [-0.05, 0) is 36.1 Å². The maximum Gasteiger partial charge on any atom is 0.205 e. The van der Waals surface area contributed by atoms with Gasteiger partial charge in [0, 0.05) is 27.8 Å². The number of rotatable bonds is 10. The predicted octanol–water partition coefficient (Wildman–Crippen LogP) is 13.7. The quantitative estimate of drug-likeness (QED) is 0.0788. The van der Waals surface area contributed by atoms with Gasteiger partial charge in [-0.1, -0.05) is 122 Å². The Kier molecular flexibility index (Phi) is 11.1. The van der Waals surface area contributed by atoms with Gasteiger partial charge < -0.3 is 9.47 Å². The molecule has 0 saturated carbocycles. The normalized spacial score (nSPS) is 11.5. The summed E-state index contributed by atoms with van der Waals surface area (Å²) in [5.41, 5.74) is -2.53. The molecular weight excluding hydrogens is 724 g/mol. The Balaban J connectivity index is 1.80. The van der Waals surface area contributed by atoms with Crippen LogP contribution in [0.25, 0.3) is 50.1 Å². The lowest BCUT2D eigenvalue weighted by atomic mass is 9.83. The van der Waals surface area contributed by atoms with Crippen molar-refractivity contribution >= 4 is 5.57 Å². The topological polar surface area (TPSA) is 18.5 Å². The number of benzene rings is 6. The summed E-state index contributed by atoms with van der Waals surface area (Å²) in [6, 6.07) is 25.9. The van der Waals surface area contributed by atoms with Crippen LogP contribution in [0.2, 0.25) is 0 Å². The standard InChI is InChI=1S/C45H30F8O2/c1-5-6-10-17-24(2)29-30(26-18-11-7-12-19-26)43(54-4)31(27-20-13-8-14-21-27)32(28-22-15-9-16-23-28)44(29)55-45-41(52)39(50)34(40(51)42(45)53)33-37(48)35(46)25(3)36(47)38(33)49/h5-23H,2H2,1,3-4H3/b6-5-,17-10-. The molecule has 0 N–H and O–H groups in total. The van der Waals surface area contributed by atoms with Gasteiger partial charge in [-0.25, -0.2) is 26.3 Å². The minimum Gasteiger partial charge on any atom is -0.495 e. The van der Waals surface area contributed by atoms with E-state index >= 15 is 26.3 Å². The van der Waals surface area contributed by atoms with Crippen LogP contribution in [-0.4, -0.2) is 7.11 Å². The SMILES string of the molecule is C=C(/C=C\C=C/C)c1c(Oc2c(F)c(F)c(-c3c(F)c(F)c(C)c(F)c3F)c(F)c2F)c(-c2ccccc2)c(-c2ccccc2)c(OC)c1-c1ccccc1. The van der Waals surface area contributed by atoms with Gasteiger partial charge in [-0.15, -0.1) is 0 Å². The third-order valence-corrected chi connectivity index (χ3v) is 8.88. The van der Waals surface area contributed by atoms with Crippen LogP contribution in [0.4, 0.5) is 35.1 Å². The number of ether oxygens (including phenoxy) is 2. The molecule has 0 aliphatic carbocycles. The molecule has 0 aliphatic rings. The first kappa shape index (κ1) is 38.3. The fourth-order valence-corrected chi connectivity index (χ4v) is 6.31. The predicted molar refractivity (Wildman–Crippen MR) is 199 cm³/mol. The number of methoxy groups -OCH3 is 1. The summed E-state index contributed by atoms with van der Waals surface area (Å²) in [7, 11) is 1.43. The zero-order chi connectivity index (χ0) is 39.6. The van der Waals surface area contributed by atoms with E-state index in [0.717, 1.165) is 0 Å². The first-order valence-electron chi connectivity index (χ1n) is 16.7. The summed E-state index contributed by atoms with van der Waals surface area (Å²) < 4.78 is 136. The average molecular weight is 755 g/mol. The number of halogens is 8. The fraction of sp³-hybridized carbons (Fsp3) is 0.0667. The van der Waals surface area contributed by atoms with E-state index in [1.165, 1.54) is 7.11 Å². The number of allylic oxidation sites excluding steroid dienone is 5. The first-order valence-corrected chi connectivity index (χ1v) is 16.7. The Hall–Kier alpha value is -6.42. The van der Waals surface area contributed by atoms with E-state index in [2.05, 4.69) is 6.58 Å². The van der Waals surface area contributed by atoms with E-state index in [4.69, 9.17) is 9.47 Å². The molecule has 6 rings (SSSR count). The fourth-order valence-electron chi connectivity index (χ4n) is 6.31. The first-order chi connectivity index (χ1) is 26.4. The van der Waals surface area contributed by atoms with Gasteiger partial charge in [-0.3, -0.25) is 0 Å². The van der Waals surface area contributed by atoms with Gasteiger partial charge in [0.1, 0.15) is 11.5 Å². The third kappa shape index (κ3) is 6.80. The second-order valence-electron chi connectivity index (χ2n) is 12.2. The van der Waals surface area contributed by atoms with E-state index < -0.39 is 69.0 Å². The molecule has 10 heteroatoms. The van der Waals surface area contributed by atoms with Gasteiger partial charge in [0.2, 0.25) is 17.4 Å². The summed E-state index contributed by atoms with van der Waals surface area (Å²) >= 11 is 0. The minimum absolute atomic E-state index is 0.0887. The maximum atomic E-state index is 16.3. The van der Waals surface area contributed by atoms with Crippen LogP contribution < -0.4 is 9.47 Å². The van der Waals surface area contributed by atoms with E-state index in [9.17, 15) is 8.78 Å². The molecule has 6 aromatic rings. The van der Waals surface area contributed by atoms with Gasteiger partial charge in [0.25, 0.3) is 0 Å². The maximum absolute atomic E-state index is 16.3. The molecule has 2 nitrogen and oxygen atoms in total. The second kappa shape index (κ2) is 15.9. The summed E-state index contributed by atoms with van der Waals surface area (Å²) in [6.45, 7) is 6.68. The zero-order valence-corrected chi connectivity index (χ0v) is 29.5. The molecule has 0 atom stereocenters. The Bertz CT molecular complexity index is 2440. The molecule has 6 aromatic carbocycles. The molecule has 0 unspecified atom stereocenters. The molecule has 0 amide bonds. The van der Waals surface area contributed by atoms with Crippen molar-refractivity contribution < 1.29 is 44.6 Å². The van der Waals surface area contributed by atoms with Crippen LogP contribution >= 0.6 is 0 Å². The van der Waals surface area contributed by atoms with Crippen molar-refractivity contribution in [2.45, 2.75) is 13.8 Å². The van der Waals surface area contributed by atoms with Gasteiger partial charge in [-0.2, -0.15) is 8.78 Å². The Morgan fingerprint density at radius 1 is 0.491 bits per heavy atom. The van der Waals surface area contributed by atoms with Crippen molar-refractivity contribution in [3.05, 3.63) is 180 Å². The van der Waals surface area contributed by atoms with Gasteiger partial charge >= 0.3 is 0 Å². The zero-order valence-electron chi connectivity index (χ0n) is 29.5. The second-order valence-corrected chi connectivity index (χ2v) is 12.2. The van der Waals surface area contributed by atoms with Crippen LogP contribution in [0.5, 0.6) is 17.2 Å². The highest BCUT2D eigenvalue weighted by Gasteiger charge is 2.36. The van der Waals surface area contributed by atoms with Crippen molar-refractivity contribution in [3.63, 3.8) is 0 Å². The van der Waals surface area contributed by atoms with Crippen molar-refractivity contribution in [2.24, 2.45) is 0 Å². The van der Waals surface area contributed by atoms with E-state index in [1.54, 1.807) is 122 Å². The van der Waals surface area contributed by atoms with Crippen molar-refractivity contribution in [3.8, 4) is 61.8 Å². The largest absolute Gasteiger partial charge is 0.495 e. The number of hydrogen-bond acceptors (Lipinski definition) is 2. The molecule has 0 radical (unpaired) electrons. The average Bonchev–Trinajstić information content (AvgIpc) is 3.21.